The number of rotatable bonds is 7. The summed E-state index contributed by atoms with van der Waals surface area (Å²) in [7, 11) is 0. The topological polar surface area (TPSA) is 32.3 Å². The first-order valence-corrected chi connectivity index (χ1v) is 7.07. The summed E-state index contributed by atoms with van der Waals surface area (Å²) in [6.07, 6.45) is 7.77. The fourth-order valence-electron chi connectivity index (χ4n) is 2.66. The zero-order valence-corrected chi connectivity index (χ0v) is 11.0. The molecule has 0 aliphatic heterocycles. The van der Waals surface area contributed by atoms with Crippen LogP contribution in [0.4, 0.5) is 0 Å². The molecule has 2 heteroatoms. The van der Waals surface area contributed by atoms with Gasteiger partial charge in [-0.1, -0.05) is 33.1 Å². The molecule has 1 saturated carbocycles. The summed E-state index contributed by atoms with van der Waals surface area (Å²) in [4.78, 5) is 0. The van der Waals surface area contributed by atoms with Crippen molar-refractivity contribution in [2.24, 2.45) is 17.8 Å². The normalized spacial score (nSPS) is 27.9. The molecule has 0 radical (unpaired) electrons. The second kappa shape index (κ2) is 8.08. The zero-order valence-electron chi connectivity index (χ0n) is 11.0. The molecule has 1 unspecified atom stereocenters. The van der Waals surface area contributed by atoms with Crippen molar-refractivity contribution in [3.05, 3.63) is 0 Å². The third-order valence-electron chi connectivity index (χ3n) is 4.12. The molecule has 96 valence electrons. The van der Waals surface area contributed by atoms with Crippen molar-refractivity contribution >= 4 is 0 Å². The van der Waals surface area contributed by atoms with Crippen molar-refractivity contribution < 1.29 is 5.11 Å². The second-order valence-electron chi connectivity index (χ2n) is 5.57. The van der Waals surface area contributed by atoms with Crippen LogP contribution in [-0.2, 0) is 0 Å². The SMILES string of the molecule is CCC(CCO)CNCC1CCC(C)CC1. The van der Waals surface area contributed by atoms with Crippen LogP contribution in [0.15, 0.2) is 0 Å². The average molecular weight is 227 g/mol. The Morgan fingerprint density at radius 1 is 1.25 bits per heavy atom. The number of aliphatic hydroxyl groups is 1. The van der Waals surface area contributed by atoms with Gasteiger partial charge in [-0.25, -0.2) is 0 Å². The fourth-order valence-corrected chi connectivity index (χ4v) is 2.66. The molecule has 0 saturated heterocycles. The van der Waals surface area contributed by atoms with E-state index in [4.69, 9.17) is 5.11 Å². The molecule has 2 nitrogen and oxygen atoms in total. The Balaban J connectivity index is 2.05. The molecular formula is C14H29NO. The van der Waals surface area contributed by atoms with Gasteiger partial charge in [-0.15, -0.1) is 0 Å². The maximum Gasteiger partial charge on any atom is 0.0434 e. The summed E-state index contributed by atoms with van der Waals surface area (Å²) in [5.74, 6) is 2.52. The van der Waals surface area contributed by atoms with Gasteiger partial charge in [0.25, 0.3) is 0 Å². The molecule has 0 aromatic rings. The van der Waals surface area contributed by atoms with Gasteiger partial charge in [0.05, 0.1) is 0 Å². The van der Waals surface area contributed by atoms with Crippen LogP contribution in [0, 0.1) is 17.8 Å². The van der Waals surface area contributed by atoms with E-state index in [0.29, 0.717) is 12.5 Å². The highest BCUT2D eigenvalue weighted by molar-refractivity contribution is 4.72. The minimum Gasteiger partial charge on any atom is -0.396 e. The highest BCUT2D eigenvalue weighted by Gasteiger charge is 2.17. The maximum absolute atomic E-state index is 8.92. The molecule has 0 aromatic carbocycles. The van der Waals surface area contributed by atoms with Crippen molar-refractivity contribution in [2.45, 2.75) is 52.4 Å². The van der Waals surface area contributed by atoms with Crippen LogP contribution in [0.25, 0.3) is 0 Å². The molecule has 2 N–H and O–H groups in total. The Bertz CT molecular complexity index is 164. The van der Waals surface area contributed by atoms with Gasteiger partial charge < -0.3 is 10.4 Å². The molecule has 1 fully saturated rings. The summed E-state index contributed by atoms with van der Waals surface area (Å²) in [5.41, 5.74) is 0. The summed E-state index contributed by atoms with van der Waals surface area (Å²) in [6, 6.07) is 0. The number of hydrogen-bond donors (Lipinski definition) is 2. The van der Waals surface area contributed by atoms with Crippen molar-refractivity contribution in [1.29, 1.82) is 0 Å². The Kier molecular flexibility index (Phi) is 7.06. The largest absolute Gasteiger partial charge is 0.396 e. The molecule has 0 spiro atoms. The van der Waals surface area contributed by atoms with Crippen molar-refractivity contribution in [3.63, 3.8) is 0 Å². The Hall–Kier alpha value is -0.0800. The first-order chi connectivity index (χ1) is 7.76. The van der Waals surface area contributed by atoms with Crippen LogP contribution in [0.3, 0.4) is 0 Å². The molecule has 1 atom stereocenters. The van der Waals surface area contributed by atoms with Crippen molar-refractivity contribution in [1.82, 2.24) is 5.32 Å². The van der Waals surface area contributed by atoms with E-state index >= 15 is 0 Å². The summed E-state index contributed by atoms with van der Waals surface area (Å²) in [6.45, 7) is 7.20. The molecule has 16 heavy (non-hydrogen) atoms. The fraction of sp³-hybridized carbons (Fsp3) is 1.00. The average Bonchev–Trinajstić information content (AvgIpc) is 2.30. The van der Waals surface area contributed by atoms with Crippen LogP contribution < -0.4 is 5.32 Å². The maximum atomic E-state index is 8.92. The molecule has 0 amide bonds. The summed E-state index contributed by atoms with van der Waals surface area (Å²) in [5, 5.41) is 12.5. The zero-order chi connectivity index (χ0) is 11.8. The van der Waals surface area contributed by atoms with Crippen LogP contribution in [-0.4, -0.2) is 24.8 Å². The third-order valence-corrected chi connectivity index (χ3v) is 4.12. The van der Waals surface area contributed by atoms with Gasteiger partial charge in [-0.05, 0) is 50.1 Å². The number of aliphatic hydroxyl groups excluding tert-OH is 1. The van der Waals surface area contributed by atoms with Gasteiger partial charge in [0.1, 0.15) is 0 Å². The Morgan fingerprint density at radius 2 is 1.94 bits per heavy atom. The minimum absolute atomic E-state index is 0.334. The lowest BCUT2D eigenvalue weighted by Crippen LogP contribution is -2.30. The molecule has 0 aromatic heterocycles. The molecule has 0 bridgehead atoms. The van der Waals surface area contributed by atoms with Crippen LogP contribution in [0.2, 0.25) is 0 Å². The summed E-state index contributed by atoms with van der Waals surface area (Å²) >= 11 is 0. The molecule has 0 heterocycles. The van der Waals surface area contributed by atoms with E-state index in [0.717, 1.165) is 24.8 Å². The first kappa shape index (κ1) is 14.0. The number of hydrogen-bond acceptors (Lipinski definition) is 2. The molecule has 1 aliphatic rings. The van der Waals surface area contributed by atoms with Gasteiger partial charge in [0, 0.05) is 6.61 Å². The van der Waals surface area contributed by atoms with Gasteiger partial charge >= 0.3 is 0 Å². The smallest absolute Gasteiger partial charge is 0.0434 e. The highest BCUT2D eigenvalue weighted by atomic mass is 16.3. The van der Waals surface area contributed by atoms with Crippen LogP contribution >= 0.6 is 0 Å². The van der Waals surface area contributed by atoms with Gasteiger partial charge in [-0.3, -0.25) is 0 Å². The Labute approximate surface area is 101 Å². The lowest BCUT2D eigenvalue weighted by Gasteiger charge is -2.27. The lowest BCUT2D eigenvalue weighted by molar-refractivity contribution is 0.243. The first-order valence-electron chi connectivity index (χ1n) is 7.07. The predicted molar refractivity (Wildman–Crippen MR) is 69.5 cm³/mol. The minimum atomic E-state index is 0.334. The second-order valence-corrected chi connectivity index (χ2v) is 5.57. The van der Waals surface area contributed by atoms with E-state index in [2.05, 4.69) is 19.2 Å². The van der Waals surface area contributed by atoms with Gasteiger partial charge in [-0.2, -0.15) is 0 Å². The highest BCUT2D eigenvalue weighted by Crippen LogP contribution is 2.27. The van der Waals surface area contributed by atoms with E-state index in [1.54, 1.807) is 0 Å². The monoisotopic (exact) mass is 227 g/mol. The molecule has 1 aliphatic carbocycles. The molecular weight excluding hydrogens is 198 g/mol. The van der Waals surface area contributed by atoms with E-state index in [1.165, 1.54) is 38.6 Å². The number of nitrogens with one attached hydrogen (secondary N) is 1. The van der Waals surface area contributed by atoms with Gasteiger partial charge in [0.15, 0.2) is 0 Å². The Morgan fingerprint density at radius 3 is 2.50 bits per heavy atom. The van der Waals surface area contributed by atoms with E-state index in [1.807, 2.05) is 0 Å². The van der Waals surface area contributed by atoms with E-state index in [9.17, 15) is 0 Å². The standard InChI is InChI=1S/C14H29NO/c1-3-13(8-9-16)10-15-11-14-6-4-12(2)5-7-14/h12-16H,3-11H2,1-2H3. The lowest BCUT2D eigenvalue weighted by atomic mass is 9.83. The quantitative estimate of drug-likeness (QED) is 0.701. The van der Waals surface area contributed by atoms with Gasteiger partial charge in [0.2, 0.25) is 0 Å². The van der Waals surface area contributed by atoms with Crippen molar-refractivity contribution in [2.75, 3.05) is 19.7 Å². The van der Waals surface area contributed by atoms with E-state index in [-0.39, 0.29) is 0 Å². The van der Waals surface area contributed by atoms with E-state index < -0.39 is 0 Å². The van der Waals surface area contributed by atoms with Crippen LogP contribution in [0.1, 0.15) is 52.4 Å². The summed E-state index contributed by atoms with van der Waals surface area (Å²) < 4.78 is 0. The van der Waals surface area contributed by atoms with Crippen LogP contribution in [0.5, 0.6) is 0 Å². The van der Waals surface area contributed by atoms with Crippen molar-refractivity contribution in [3.8, 4) is 0 Å². The third kappa shape index (κ3) is 5.31. The predicted octanol–water partition coefficient (Wildman–Crippen LogP) is 2.81. The molecule has 1 rings (SSSR count).